The minimum absolute atomic E-state index is 0.769. The number of methoxy groups -OCH3 is 1. The quantitative estimate of drug-likeness (QED) is 0.552. The molecule has 8 heteroatoms. The number of aliphatic hydroxyl groups is 1. The van der Waals surface area contributed by atoms with E-state index >= 15 is 0 Å². The predicted molar refractivity (Wildman–Crippen MR) is 67.3 cm³/mol. The van der Waals surface area contributed by atoms with E-state index in [1.54, 1.807) is 0 Å². The van der Waals surface area contributed by atoms with E-state index in [1.165, 1.54) is 27.7 Å². The first-order chi connectivity index (χ1) is 9.37. The van der Waals surface area contributed by atoms with Crippen LogP contribution in [0.25, 0.3) is 0 Å². The van der Waals surface area contributed by atoms with Crippen molar-refractivity contribution in [1.82, 2.24) is 0 Å². The van der Waals surface area contributed by atoms with E-state index in [-0.39, 0.29) is 0 Å². The zero-order valence-corrected chi connectivity index (χ0v) is 12.7. The molecule has 0 aromatic rings. The third-order valence-corrected chi connectivity index (χ3v) is 2.94. The summed E-state index contributed by atoms with van der Waals surface area (Å²) < 4.78 is 63.3. The number of carbonyl (C=O) groups excluding carboxylic acids is 1. The highest BCUT2D eigenvalue weighted by Crippen LogP contribution is 2.31. The van der Waals surface area contributed by atoms with Crippen LogP contribution in [0.3, 0.4) is 0 Å². The molecule has 0 bridgehead atoms. The van der Waals surface area contributed by atoms with Crippen LogP contribution in [0.5, 0.6) is 0 Å². The van der Waals surface area contributed by atoms with Crippen molar-refractivity contribution in [3.05, 3.63) is 0 Å². The molecule has 0 spiro atoms. The number of halogens is 4. The predicted octanol–water partition coefficient (Wildman–Crippen LogP) is 2.49. The number of hydrogen-bond donors (Lipinski definition) is 1. The SMILES string of the molecule is COC(=O)C(F)(F)C(OCC(F)(F)C(O)C(C)C)C(C)C. The van der Waals surface area contributed by atoms with Gasteiger partial charge in [0.1, 0.15) is 18.8 Å². The summed E-state index contributed by atoms with van der Waals surface area (Å²) in [7, 11) is 0.769. The molecule has 0 aliphatic heterocycles. The van der Waals surface area contributed by atoms with Gasteiger partial charge in [-0.2, -0.15) is 8.78 Å². The van der Waals surface area contributed by atoms with Crippen LogP contribution in [-0.2, 0) is 14.3 Å². The van der Waals surface area contributed by atoms with Crippen LogP contribution in [0.1, 0.15) is 27.7 Å². The standard InChI is InChI=1S/C13H22F4O4/c1-7(2)9(18)12(14,15)6-21-10(8(3)4)13(16,17)11(19)20-5/h7-10,18H,6H2,1-5H3. The Labute approximate surface area is 121 Å². The maximum Gasteiger partial charge on any atom is 0.379 e. The number of carbonyl (C=O) groups is 1. The molecule has 2 unspecified atom stereocenters. The van der Waals surface area contributed by atoms with Crippen molar-refractivity contribution in [1.29, 1.82) is 0 Å². The number of esters is 1. The molecule has 2 atom stereocenters. The van der Waals surface area contributed by atoms with Gasteiger partial charge in [-0.3, -0.25) is 0 Å². The molecule has 0 saturated carbocycles. The van der Waals surface area contributed by atoms with Crippen molar-refractivity contribution >= 4 is 5.97 Å². The van der Waals surface area contributed by atoms with Gasteiger partial charge in [-0.1, -0.05) is 27.7 Å². The summed E-state index contributed by atoms with van der Waals surface area (Å²) in [6.07, 6.45) is -4.10. The molecule has 0 aliphatic carbocycles. The maximum atomic E-state index is 13.8. The summed E-state index contributed by atoms with van der Waals surface area (Å²) in [5.41, 5.74) is 0. The summed E-state index contributed by atoms with van der Waals surface area (Å²) in [5.74, 6) is -11.3. The van der Waals surface area contributed by atoms with Gasteiger partial charge in [0.05, 0.1) is 7.11 Å². The highest BCUT2D eigenvalue weighted by Gasteiger charge is 2.52. The minimum Gasteiger partial charge on any atom is -0.465 e. The van der Waals surface area contributed by atoms with E-state index in [0.717, 1.165) is 7.11 Å². The summed E-state index contributed by atoms with van der Waals surface area (Å²) in [6, 6.07) is 0. The monoisotopic (exact) mass is 318 g/mol. The lowest BCUT2D eigenvalue weighted by Gasteiger charge is -2.31. The van der Waals surface area contributed by atoms with Gasteiger partial charge >= 0.3 is 11.9 Å². The summed E-state index contributed by atoms with van der Waals surface area (Å²) >= 11 is 0. The summed E-state index contributed by atoms with van der Waals surface area (Å²) in [5, 5.41) is 9.35. The van der Waals surface area contributed by atoms with E-state index in [0.29, 0.717) is 0 Å². The van der Waals surface area contributed by atoms with Gasteiger partial charge in [-0.25, -0.2) is 13.6 Å². The molecule has 0 aliphatic rings. The molecule has 0 heterocycles. The van der Waals surface area contributed by atoms with Crippen molar-refractivity contribution in [2.75, 3.05) is 13.7 Å². The lowest BCUT2D eigenvalue weighted by atomic mass is 9.99. The van der Waals surface area contributed by atoms with Crippen molar-refractivity contribution in [3.63, 3.8) is 0 Å². The number of ether oxygens (including phenoxy) is 2. The zero-order chi connectivity index (χ0) is 17.0. The van der Waals surface area contributed by atoms with Gasteiger partial charge < -0.3 is 14.6 Å². The first kappa shape index (κ1) is 20.1. The van der Waals surface area contributed by atoms with Gasteiger partial charge in [0.15, 0.2) is 0 Å². The number of rotatable bonds is 8. The van der Waals surface area contributed by atoms with Crippen LogP contribution in [0.2, 0.25) is 0 Å². The van der Waals surface area contributed by atoms with Crippen LogP contribution < -0.4 is 0 Å². The Balaban J connectivity index is 5.02. The second-order valence-electron chi connectivity index (χ2n) is 5.54. The Hall–Kier alpha value is -0.890. The molecular weight excluding hydrogens is 296 g/mol. The van der Waals surface area contributed by atoms with Crippen LogP contribution >= 0.6 is 0 Å². The van der Waals surface area contributed by atoms with Gasteiger partial charge in [0.2, 0.25) is 0 Å². The number of hydrogen-bond acceptors (Lipinski definition) is 4. The maximum absolute atomic E-state index is 13.8. The molecule has 1 N–H and O–H groups in total. The highest BCUT2D eigenvalue weighted by molar-refractivity contribution is 5.78. The molecule has 21 heavy (non-hydrogen) atoms. The van der Waals surface area contributed by atoms with Crippen LogP contribution in [0.15, 0.2) is 0 Å². The third-order valence-electron chi connectivity index (χ3n) is 2.94. The fourth-order valence-electron chi connectivity index (χ4n) is 1.74. The molecule has 126 valence electrons. The number of alkyl halides is 4. The average molecular weight is 318 g/mol. The number of aliphatic hydroxyl groups excluding tert-OH is 1. The van der Waals surface area contributed by atoms with Crippen LogP contribution in [0.4, 0.5) is 17.6 Å². The van der Waals surface area contributed by atoms with E-state index in [4.69, 9.17) is 0 Å². The Bertz CT molecular complexity index is 345. The lowest BCUT2D eigenvalue weighted by molar-refractivity contribution is -0.224. The smallest absolute Gasteiger partial charge is 0.379 e. The Morgan fingerprint density at radius 1 is 1.10 bits per heavy atom. The van der Waals surface area contributed by atoms with Crippen LogP contribution in [-0.4, -0.2) is 48.8 Å². The molecule has 0 rings (SSSR count). The second kappa shape index (κ2) is 7.40. The molecule has 0 saturated heterocycles. The molecule has 0 amide bonds. The normalized spacial score (nSPS) is 16.2. The van der Waals surface area contributed by atoms with Crippen molar-refractivity contribution in [3.8, 4) is 0 Å². The Kier molecular flexibility index (Phi) is 7.08. The topological polar surface area (TPSA) is 55.8 Å². The first-order valence-corrected chi connectivity index (χ1v) is 6.51. The fraction of sp³-hybridized carbons (Fsp3) is 0.923. The van der Waals surface area contributed by atoms with E-state index < -0.39 is 48.5 Å². The van der Waals surface area contributed by atoms with Crippen molar-refractivity contribution in [2.45, 2.75) is 51.7 Å². The molecule has 0 radical (unpaired) electrons. The summed E-state index contributed by atoms with van der Waals surface area (Å²) in [6.45, 7) is 3.92. The van der Waals surface area contributed by atoms with Crippen molar-refractivity contribution in [2.24, 2.45) is 11.8 Å². The Morgan fingerprint density at radius 3 is 1.90 bits per heavy atom. The Morgan fingerprint density at radius 2 is 1.57 bits per heavy atom. The average Bonchev–Trinajstić information content (AvgIpc) is 2.35. The van der Waals surface area contributed by atoms with E-state index in [9.17, 15) is 27.5 Å². The largest absolute Gasteiger partial charge is 0.465 e. The molecular formula is C13H22F4O4. The van der Waals surface area contributed by atoms with Gasteiger partial charge in [0.25, 0.3) is 5.92 Å². The molecule has 0 fully saturated rings. The van der Waals surface area contributed by atoms with Crippen molar-refractivity contribution < 1.29 is 36.9 Å². The fourth-order valence-corrected chi connectivity index (χ4v) is 1.74. The highest BCUT2D eigenvalue weighted by atomic mass is 19.3. The van der Waals surface area contributed by atoms with E-state index in [1.807, 2.05) is 0 Å². The lowest BCUT2D eigenvalue weighted by Crippen LogP contribution is -2.50. The van der Waals surface area contributed by atoms with E-state index in [2.05, 4.69) is 9.47 Å². The van der Waals surface area contributed by atoms with Gasteiger partial charge in [-0.15, -0.1) is 0 Å². The zero-order valence-electron chi connectivity index (χ0n) is 12.7. The third kappa shape index (κ3) is 5.10. The van der Waals surface area contributed by atoms with Gasteiger partial charge in [0, 0.05) is 0 Å². The summed E-state index contributed by atoms with van der Waals surface area (Å²) in [4.78, 5) is 11.1. The van der Waals surface area contributed by atoms with Crippen LogP contribution in [0, 0.1) is 11.8 Å². The molecule has 0 aromatic carbocycles. The molecule has 0 aromatic heterocycles. The van der Waals surface area contributed by atoms with Gasteiger partial charge in [-0.05, 0) is 11.8 Å². The molecule has 4 nitrogen and oxygen atoms in total. The second-order valence-corrected chi connectivity index (χ2v) is 5.54. The first-order valence-electron chi connectivity index (χ1n) is 6.51. The minimum atomic E-state index is -4.05.